The number of rotatable bonds is 12. The van der Waals surface area contributed by atoms with Gasteiger partial charge in [0, 0.05) is 12.1 Å². The van der Waals surface area contributed by atoms with Crippen LogP contribution in [-0.2, 0) is 23.9 Å². The van der Waals surface area contributed by atoms with Gasteiger partial charge in [0.2, 0.25) is 11.8 Å². The van der Waals surface area contributed by atoms with Gasteiger partial charge < -0.3 is 24.4 Å². The molecule has 3 aliphatic heterocycles. The van der Waals surface area contributed by atoms with Crippen LogP contribution in [-0.4, -0.2) is 81.3 Å². The van der Waals surface area contributed by atoms with Gasteiger partial charge in [-0.1, -0.05) is 26.0 Å². The fourth-order valence-corrected chi connectivity index (χ4v) is 6.75. The summed E-state index contributed by atoms with van der Waals surface area (Å²) in [4.78, 5) is 45.3. The number of carbonyl (C=O) groups excluding carboxylic acids is 3. The SMILES string of the molecule is C=CCCCCOC(=O)[C@H]1[C@H]2C(=O)N([C@@H](CC)CO)C(C(=O)N(CC=C)C(C)(C)C)C23CC(C)[C@]1(C)O3. The van der Waals surface area contributed by atoms with Crippen molar-refractivity contribution in [2.75, 3.05) is 19.8 Å². The van der Waals surface area contributed by atoms with Crippen LogP contribution in [0, 0.1) is 17.8 Å². The number of unbranched alkanes of at least 4 members (excludes halogenated alkanes) is 2. The van der Waals surface area contributed by atoms with E-state index in [4.69, 9.17) is 9.47 Å². The van der Waals surface area contributed by atoms with Crippen molar-refractivity contribution in [2.45, 2.75) is 102 Å². The lowest BCUT2D eigenvalue weighted by Crippen LogP contribution is -2.61. The molecule has 208 valence electrons. The molecule has 2 amide bonds. The first-order valence-electron chi connectivity index (χ1n) is 13.7. The van der Waals surface area contributed by atoms with E-state index in [0.717, 1.165) is 12.8 Å². The van der Waals surface area contributed by atoms with Crippen LogP contribution in [0.2, 0.25) is 0 Å². The minimum Gasteiger partial charge on any atom is -0.465 e. The Morgan fingerprint density at radius 1 is 1.30 bits per heavy atom. The number of allylic oxidation sites excluding steroid dienone is 1. The molecule has 3 rings (SSSR count). The maximum absolute atomic E-state index is 14.4. The minimum absolute atomic E-state index is 0.0678. The zero-order valence-electron chi connectivity index (χ0n) is 23.5. The Kier molecular flexibility index (Phi) is 8.64. The summed E-state index contributed by atoms with van der Waals surface area (Å²) in [7, 11) is 0. The molecule has 8 heteroatoms. The molecular weight excluding hydrogens is 472 g/mol. The van der Waals surface area contributed by atoms with Gasteiger partial charge in [0.1, 0.15) is 17.6 Å². The Morgan fingerprint density at radius 2 is 1.97 bits per heavy atom. The monoisotopic (exact) mass is 518 g/mol. The van der Waals surface area contributed by atoms with Gasteiger partial charge in [0.05, 0.1) is 30.8 Å². The van der Waals surface area contributed by atoms with Crippen LogP contribution in [0.4, 0.5) is 0 Å². The summed E-state index contributed by atoms with van der Waals surface area (Å²) in [5.41, 5.74) is -2.62. The molecule has 37 heavy (non-hydrogen) atoms. The van der Waals surface area contributed by atoms with Gasteiger partial charge in [-0.15, -0.1) is 13.2 Å². The predicted octanol–water partition coefficient (Wildman–Crippen LogP) is 3.48. The number of nitrogens with zero attached hydrogens (tertiary/aromatic N) is 2. The Hall–Kier alpha value is -2.19. The number of likely N-dealkylation sites (tertiary alicyclic amines) is 1. The van der Waals surface area contributed by atoms with E-state index in [-0.39, 0.29) is 30.9 Å². The van der Waals surface area contributed by atoms with Crippen LogP contribution >= 0.6 is 0 Å². The molecule has 3 heterocycles. The van der Waals surface area contributed by atoms with Crippen molar-refractivity contribution in [2.24, 2.45) is 17.8 Å². The number of ether oxygens (including phenoxy) is 2. The number of esters is 1. The van der Waals surface area contributed by atoms with Crippen molar-refractivity contribution in [3.63, 3.8) is 0 Å². The van der Waals surface area contributed by atoms with Crippen LogP contribution in [0.3, 0.4) is 0 Å². The number of aliphatic hydroxyl groups is 1. The Bertz CT molecular complexity index is 909. The lowest BCUT2D eigenvalue weighted by molar-refractivity contribution is -0.164. The second-order valence-electron chi connectivity index (χ2n) is 12.1. The number of aliphatic hydroxyl groups excluding tert-OH is 1. The normalized spacial score (nSPS) is 33.3. The Morgan fingerprint density at radius 3 is 2.51 bits per heavy atom. The fraction of sp³-hybridized carbons (Fsp3) is 0.759. The lowest BCUT2D eigenvalue weighted by atomic mass is 9.62. The van der Waals surface area contributed by atoms with Crippen LogP contribution in [0.25, 0.3) is 0 Å². The van der Waals surface area contributed by atoms with Crippen molar-refractivity contribution in [3.8, 4) is 0 Å². The Balaban J connectivity index is 2.07. The number of carbonyl (C=O) groups is 3. The molecule has 3 aliphatic rings. The molecule has 3 saturated heterocycles. The van der Waals surface area contributed by atoms with Gasteiger partial charge >= 0.3 is 5.97 Å². The van der Waals surface area contributed by atoms with Crippen molar-refractivity contribution in [1.82, 2.24) is 9.80 Å². The first-order chi connectivity index (χ1) is 17.3. The predicted molar refractivity (Wildman–Crippen MR) is 141 cm³/mol. The average molecular weight is 519 g/mol. The first-order valence-corrected chi connectivity index (χ1v) is 13.7. The van der Waals surface area contributed by atoms with E-state index in [0.29, 0.717) is 25.8 Å². The average Bonchev–Trinajstić information content (AvgIpc) is 3.34. The highest BCUT2D eigenvalue weighted by molar-refractivity contribution is 5.99. The molecule has 2 bridgehead atoms. The van der Waals surface area contributed by atoms with Crippen molar-refractivity contribution >= 4 is 17.8 Å². The molecule has 0 radical (unpaired) electrons. The topological polar surface area (TPSA) is 96.4 Å². The number of amides is 2. The fourth-order valence-electron chi connectivity index (χ4n) is 6.75. The molecule has 3 unspecified atom stereocenters. The van der Waals surface area contributed by atoms with Crippen molar-refractivity contribution in [3.05, 3.63) is 25.3 Å². The van der Waals surface area contributed by atoms with Crippen LogP contribution < -0.4 is 0 Å². The van der Waals surface area contributed by atoms with Gasteiger partial charge in [-0.25, -0.2) is 0 Å². The zero-order valence-corrected chi connectivity index (χ0v) is 23.5. The largest absolute Gasteiger partial charge is 0.465 e. The Labute approximate surface area is 222 Å². The molecule has 0 aromatic rings. The van der Waals surface area contributed by atoms with E-state index >= 15 is 0 Å². The standard InChI is InChI=1S/C29H46N2O6/c1-9-12-13-14-16-36-26(35)22-21-24(33)31(20(11-3)18-32)23(25(34)30(15-10-2)27(5,6)7)29(21)17-19(4)28(22,8)37-29/h9-10,19-23,32H,1-2,11-18H2,3-8H3/t19?,20-,21-,22+,23?,28-,29?/m0/s1. The highest BCUT2D eigenvalue weighted by Gasteiger charge is 2.80. The number of hydrogen-bond acceptors (Lipinski definition) is 6. The first kappa shape index (κ1) is 29.4. The van der Waals surface area contributed by atoms with E-state index < -0.39 is 46.6 Å². The van der Waals surface area contributed by atoms with Gasteiger partial charge in [-0.05, 0) is 65.7 Å². The molecule has 0 aromatic carbocycles. The second kappa shape index (κ2) is 10.9. The van der Waals surface area contributed by atoms with Crippen LogP contribution in [0.15, 0.2) is 25.3 Å². The van der Waals surface area contributed by atoms with Gasteiger partial charge in [0.25, 0.3) is 0 Å². The van der Waals surface area contributed by atoms with Crippen molar-refractivity contribution in [1.29, 1.82) is 0 Å². The zero-order chi connectivity index (χ0) is 27.8. The second-order valence-corrected chi connectivity index (χ2v) is 12.1. The molecule has 0 aromatic heterocycles. The quantitative estimate of drug-likeness (QED) is 0.241. The van der Waals surface area contributed by atoms with Crippen LogP contribution in [0.1, 0.15) is 73.6 Å². The minimum atomic E-state index is -1.16. The maximum Gasteiger partial charge on any atom is 0.312 e. The molecule has 3 fully saturated rings. The summed E-state index contributed by atoms with van der Waals surface area (Å²) in [5, 5.41) is 10.2. The summed E-state index contributed by atoms with van der Waals surface area (Å²) in [6, 6.07) is -1.51. The molecule has 7 atom stereocenters. The number of fused-ring (bicyclic) bond motifs is 1. The molecule has 8 nitrogen and oxygen atoms in total. The third-order valence-electron chi connectivity index (χ3n) is 8.75. The van der Waals surface area contributed by atoms with Crippen LogP contribution in [0.5, 0.6) is 0 Å². The summed E-state index contributed by atoms with van der Waals surface area (Å²) in [6.07, 6.45) is 6.87. The van der Waals surface area contributed by atoms with E-state index in [9.17, 15) is 19.5 Å². The molecule has 1 N–H and O–H groups in total. The van der Waals surface area contributed by atoms with E-state index in [1.807, 2.05) is 47.6 Å². The van der Waals surface area contributed by atoms with E-state index in [2.05, 4.69) is 13.2 Å². The van der Waals surface area contributed by atoms with E-state index in [1.54, 1.807) is 11.0 Å². The highest BCUT2D eigenvalue weighted by Crippen LogP contribution is 2.65. The summed E-state index contributed by atoms with van der Waals surface area (Å²) in [6.45, 7) is 19.4. The van der Waals surface area contributed by atoms with E-state index in [1.165, 1.54) is 4.90 Å². The maximum atomic E-state index is 14.4. The van der Waals surface area contributed by atoms with Gasteiger partial charge in [0.15, 0.2) is 0 Å². The van der Waals surface area contributed by atoms with Gasteiger partial charge in [-0.2, -0.15) is 0 Å². The summed E-state index contributed by atoms with van der Waals surface area (Å²) >= 11 is 0. The molecular formula is C29H46N2O6. The molecule has 0 saturated carbocycles. The summed E-state index contributed by atoms with van der Waals surface area (Å²) in [5.74, 6) is -2.73. The van der Waals surface area contributed by atoms with Crippen molar-refractivity contribution < 1.29 is 29.0 Å². The van der Waals surface area contributed by atoms with Gasteiger partial charge in [-0.3, -0.25) is 14.4 Å². The number of hydrogen-bond donors (Lipinski definition) is 1. The lowest BCUT2D eigenvalue weighted by Gasteiger charge is -2.43. The summed E-state index contributed by atoms with van der Waals surface area (Å²) < 4.78 is 12.4. The highest BCUT2D eigenvalue weighted by atomic mass is 16.6. The third kappa shape index (κ3) is 4.76. The smallest absolute Gasteiger partial charge is 0.312 e. The third-order valence-corrected chi connectivity index (χ3v) is 8.75. The molecule has 1 spiro atoms. The molecule has 0 aliphatic carbocycles.